The molecule has 0 radical (unpaired) electrons. The van der Waals surface area contributed by atoms with Crippen LogP contribution in [-0.2, 0) is 13.6 Å². The molecule has 0 fully saturated rings. The molecule has 0 bridgehead atoms. The van der Waals surface area contributed by atoms with E-state index in [1.807, 2.05) is 79.2 Å². The molecule has 1 amide bonds. The van der Waals surface area contributed by atoms with Crippen LogP contribution in [0.3, 0.4) is 0 Å². The lowest BCUT2D eigenvalue weighted by Gasteiger charge is -2.10. The molecule has 4 aromatic rings. The zero-order chi connectivity index (χ0) is 20.5. The number of nitrogens with one attached hydrogen (secondary N) is 1. The first-order valence-electron chi connectivity index (χ1n) is 9.31. The maximum Gasteiger partial charge on any atom is 0.268 e. The van der Waals surface area contributed by atoms with Crippen LogP contribution in [0.2, 0.25) is 10.0 Å². The van der Waals surface area contributed by atoms with Crippen LogP contribution in [0.5, 0.6) is 0 Å². The average molecular weight is 423 g/mol. The third kappa shape index (κ3) is 3.89. The van der Waals surface area contributed by atoms with Crippen molar-refractivity contribution in [1.29, 1.82) is 0 Å². The molecular formula is C24H20Cl2N2O. The minimum Gasteiger partial charge on any atom is -0.347 e. The minimum atomic E-state index is -0.133. The predicted octanol–water partition coefficient (Wildman–Crippen LogP) is 6.39. The van der Waals surface area contributed by atoms with Crippen molar-refractivity contribution in [2.75, 3.05) is 0 Å². The Balaban J connectivity index is 1.80. The van der Waals surface area contributed by atoms with Gasteiger partial charge in [0.15, 0.2) is 0 Å². The molecule has 4 rings (SSSR count). The fourth-order valence-corrected chi connectivity index (χ4v) is 3.98. The maximum absolute atomic E-state index is 13.2. The summed E-state index contributed by atoms with van der Waals surface area (Å²) in [5, 5.41) is 5.28. The van der Waals surface area contributed by atoms with Crippen molar-refractivity contribution in [2.45, 2.75) is 13.5 Å². The van der Waals surface area contributed by atoms with Crippen LogP contribution >= 0.6 is 23.2 Å². The van der Waals surface area contributed by atoms with Crippen molar-refractivity contribution in [3.63, 3.8) is 0 Å². The summed E-state index contributed by atoms with van der Waals surface area (Å²) in [4.78, 5) is 13.2. The standard InChI is InChI=1S/C24H20Cl2N2O/c1-15-4-3-5-16(12-15)14-27-24(29)23-22(17-6-8-18(25)9-7-17)20-13-19(26)10-11-21(20)28(23)2/h3-13H,14H2,1-2H3,(H,27,29). The van der Waals surface area contributed by atoms with Gasteiger partial charge in [-0.05, 0) is 48.4 Å². The summed E-state index contributed by atoms with van der Waals surface area (Å²) in [6.45, 7) is 2.50. The number of fused-ring (bicyclic) bond motifs is 1. The number of hydrogen-bond acceptors (Lipinski definition) is 1. The number of benzene rings is 3. The molecule has 0 saturated heterocycles. The topological polar surface area (TPSA) is 34.0 Å². The van der Waals surface area contributed by atoms with Gasteiger partial charge in [-0.3, -0.25) is 4.79 Å². The number of amides is 1. The van der Waals surface area contributed by atoms with E-state index in [1.54, 1.807) is 0 Å². The number of nitrogens with zero attached hydrogens (tertiary/aromatic N) is 1. The first-order valence-corrected chi connectivity index (χ1v) is 10.1. The van der Waals surface area contributed by atoms with Gasteiger partial charge in [-0.2, -0.15) is 0 Å². The fraction of sp³-hybridized carbons (Fsp3) is 0.125. The highest BCUT2D eigenvalue weighted by atomic mass is 35.5. The van der Waals surface area contributed by atoms with Gasteiger partial charge in [-0.15, -0.1) is 0 Å². The van der Waals surface area contributed by atoms with Gasteiger partial charge < -0.3 is 9.88 Å². The summed E-state index contributed by atoms with van der Waals surface area (Å²) in [7, 11) is 1.90. The monoisotopic (exact) mass is 422 g/mol. The third-order valence-corrected chi connectivity index (χ3v) is 5.53. The first kappa shape index (κ1) is 19.6. The van der Waals surface area contributed by atoms with Crippen LogP contribution in [0, 0.1) is 6.92 Å². The van der Waals surface area contributed by atoms with Crippen molar-refractivity contribution < 1.29 is 4.79 Å². The average Bonchev–Trinajstić information content (AvgIpc) is 2.98. The quantitative estimate of drug-likeness (QED) is 0.406. The molecule has 29 heavy (non-hydrogen) atoms. The van der Waals surface area contributed by atoms with Crippen LogP contribution in [0.15, 0.2) is 66.7 Å². The predicted molar refractivity (Wildman–Crippen MR) is 121 cm³/mol. The lowest BCUT2D eigenvalue weighted by Crippen LogP contribution is -2.25. The van der Waals surface area contributed by atoms with Crippen LogP contribution in [0.25, 0.3) is 22.0 Å². The molecule has 0 aliphatic carbocycles. The molecule has 0 unspecified atom stereocenters. The van der Waals surface area contributed by atoms with Gasteiger partial charge in [0.2, 0.25) is 0 Å². The van der Waals surface area contributed by atoms with E-state index in [2.05, 4.69) is 11.4 Å². The van der Waals surface area contributed by atoms with E-state index in [1.165, 1.54) is 0 Å². The lowest BCUT2D eigenvalue weighted by atomic mass is 10.0. The Kier molecular flexibility index (Phi) is 5.35. The molecule has 0 aliphatic rings. The number of hydrogen-bond donors (Lipinski definition) is 1. The third-order valence-electron chi connectivity index (χ3n) is 5.05. The Bertz CT molecular complexity index is 1210. The SMILES string of the molecule is Cc1cccc(CNC(=O)c2c(-c3ccc(Cl)cc3)c3cc(Cl)ccc3n2C)c1. The highest BCUT2D eigenvalue weighted by Crippen LogP contribution is 2.36. The Morgan fingerprint density at radius 3 is 2.41 bits per heavy atom. The smallest absolute Gasteiger partial charge is 0.268 e. The van der Waals surface area contributed by atoms with Gasteiger partial charge in [0.05, 0.1) is 0 Å². The minimum absolute atomic E-state index is 0.133. The van der Waals surface area contributed by atoms with Crippen LogP contribution in [0.4, 0.5) is 0 Å². The van der Waals surface area contributed by atoms with Crippen LogP contribution in [0.1, 0.15) is 21.6 Å². The molecule has 146 valence electrons. The Morgan fingerprint density at radius 1 is 0.966 bits per heavy atom. The van der Waals surface area contributed by atoms with Gasteiger partial charge in [0.1, 0.15) is 5.69 Å². The summed E-state index contributed by atoms with van der Waals surface area (Å²) in [5.74, 6) is -0.133. The number of carbonyl (C=O) groups is 1. The number of aryl methyl sites for hydroxylation is 2. The van der Waals surface area contributed by atoms with Crippen molar-refractivity contribution in [2.24, 2.45) is 7.05 Å². The highest BCUT2D eigenvalue weighted by molar-refractivity contribution is 6.32. The van der Waals surface area contributed by atoms with E-state index in [0.717, 1.165) is 33.2 Å². The van der Waals surface area contributed by atoms with Crippen LogP contribution in [-0.4, -0.2) is 10.5 Å². The zero-order valence-corrected chi connectivity index (χ0v) is 17.7. The van der Waals surface area contributed by atoms with E-state index < -0.39 is 0 Å². The van der Waals surface area contributed by atoms with E-state index in [-0.39, 0.29) is 5.91 Å². The molecule has 0 atom stereocenters. The Morgan fingerprint density at radius 2 is 1.69 bits per heavy atom. The summed E-state index contributed by atoms with van der Waals surface area (Å²) in [5.41, 5.74) is 5.54. The van der Waals surface area contributed by atoms with Gasteiger partial charge in [0, 0.05) is 40.1 Å². The molecule has 3 nitrogen and oxygen atoms in total. The van der Waals surface area contributed by atoms with Crippen molar-refractivity contribution in [1.82, 2.24) is 9.88 Å². The van der Waals surface area contributed by atoms with Crippen LogP contribution < -0.4 is 5.32 Å². The molecule has 1 aromatic heterocycles. The van der Waals surface area contributed by atoms with Gasteiger partial charge >= 0.3 is 0 Å². The lowest BCUT2D eigenvalue weighted by molar-refractivity contribution is 0.0944. The van der Waals surface area contributed by atoms with E-state index >= 15 is 0 Å². The molecule has 0 aliphatic heterocycles. The number of carbonyl (C=O) groups excluding carboxylic acids is 1. The first-order chi connectivity index (χ1) is 13.9. The van der Waals surface area contributed by atoms with Gasteiger partial charge in [0.25, 0.3) is 5.91 Å². The molecular weight excluding hydrogens is 403 g/mol. The summed E-state index contributed by atoms with van der Waals surface area (Å²) >= 11 is 12.3. The van der Waals surface area contributed by atoms with E-state index in [0.29, 0.717) is 22.3 Å². The molecule has 5 heteroatoms. The maximum atomic E-state index is 13.2. The second kappa shape index (κ2) is 7.94. The Labute approximate surface area is 179 Å². The van der Waals surface area contributed by atoms with Crippen molar-refractivity contribution >= 4 is 40.0 Å². The second-order valence-corrected chi connectivity index (χ2v) is 8.00. The molecule has 0 saturated carbocycles. The number of halogens is 2. The summed E-state index contributed by atoms with van der Waals surface area (Å²) in [6, 6.07) is 21.3. The van der Waals surface area contributed by atoms with Crippen molar-refractivity contribution in [3.8, 4) is 11.1 Å². The molecule has 0 spiro atoms. The number of aromatic nitrogens is 1. The summed E-state index contributed by atoms with van der Waals surface area (Å²) in [6.07, 6.45) is 0. The van der Waals surface area contributed by atoms with Gasteiger partial charge in [-0.25, -0.2) is 0 Å². The second-order valence-electron chi connectivity index (χ2n) is 7.12. The van der Waals surface area contributed by atoms with Gasteiger partial charge in [-0.1, -0.05) is 65.2 Å². The molecule has 1 heterocycles. The van der Waals surface area contributed by atoms with Crippen molar-refractivity contribution in [3.05, 3.63) is 93.6 Å². The Hall–Kier alpha value is -2.75. The largest absolute Gasteiger partial charge is 0.347 e. The normalized spacial score (nSPS) is 11.0. The summed E-state index contributed by atoms with van der Waals surface area (Å²) < 4.78 is 1.92. The van der Waals surface area contributed by atoms with E-state index in [4.69, 9.17) is 23.2 Å². The molecule has 3 aromatic carbocycles. The zero-order valence-electron chi connectivity index (χ0n) is 16.2. The fourth-order valence-electron chi connectivity index (χ4n) is 3.68. The highest BCUT2D eigenvalue weighted by Gasteiger charge is 2.22. The van der Waals surface area contributed by atoms with E-state index in [9.17, 15) is 4.79 Å². The molecule has 1 N–H and O–H groups in total. The number of rotatable bonds is 4.